The first-order valence-electron chi connectivity index (χ1n) is 8.79. The summed E-state index contributed by atoms with van der Waals surface area (Å²) in [5.74, 6) is 0.173. The molecule has 0 radical (unpaired) electrons. The summed E-state index contributed by atoms with van der Waals surface area (Å²) in [6.45, 7) is 7.98. The van der Waals surface area contributed by atoms with Gasteiger partial charge >= 0.3 is 0 Å². The number of benzene rings is 2. The monoisotopic (exact) mass is 320 g/mol. The minimum Gasteiger partial charge on any atom is -0.335 e. The molecule has 0 unspecified atom stereocenters. The molecule has 2 aliphatic heterocycles. The Morgan fingerprint density at radius 3 is 2.50 bits per heavy atom. The van der Waals surface area contributed by atoms with Gasteiger partial charge in [0.05, 0.1) is 0 Å². The Morgan fingerprint density at radius 2 is 1.75 bits per heavy atom. The Morgan fingerprint density at radius 1 is 1.00 bits per heavy atom. The largest absolute Gasteiger partial charge is 0.335 e. The number of amides is 1. The fraction of sp³-hybridized carbons (Fsp3) is 0.381. The second kappa shape index (κ2) is 6.06. The van der Waals surface area contributed by atoms with Crippen molar-refractivity contribution in [2.75, 3.05) is 19.6 Å². The first kappa shape index (κ1) is 15.4. The van der Waals surface area contributed by atoms with E-state index in [1.807, 2.05) is 23.1 Å². The Labute approximate surface area is 143 Å². The highest BCUT2D eigenvalue weighted by molar-refractivity contribution is 5.95. The molecular formula is C21H24N2O. The third-order valence-corrected chi connectivity index (χ3v) is 5.58. The van der Waals surface area contributed by atoms with Crippen molar-refractivity contribution in [1.82, 2.24) is 9.80 Å². The van der Waals surface area contributed by atoms with E-state index in [0.29, 0.717) is 6.04 Å². The Bertz CT molecular complexity index is 777. The smallest absolute Gasteiger partial charge is 0.253 e. The fourth-order valence-electron chi connectivity index (χ4n) is 3.74. The van der Waals surface area contributed by atoms with E-state index in [1.54, 1.807) is 0 Å². The van der Waals surface area contributed by atoms with E-state index in [2.05, 4.69) is 43.0 Å². The summed E-state index contributed by atoms with van der Waals surface area (Å²) in [6, 6.07) is 15.2. The molecule has 2 aliphatic rings. The number of hydrogen-bond acceptors (Lipinski definition) is 2. The predicted octanol–water partition coefficient (Wildman–Crippen LogP) is 3.19. The summed E-state index contributed by atoms with van der Waals surface area (Å²) < 4.78 is 0. The minimum absolute atomic E-state index is 0.173. The maximum atomic E-state index is 12.6. The summed E-state index contributed by atoms with van der Waals surface area (Å²) in [6.07, 6.45) is 1.12. The molecule has 1 saturated heterocycles. The van der Waals surface area contributed by atoms with E-state index in [0.717, 1.165) is 38.2 Å². The van der Waals surface area contributed by atoms with Crippen molar-refractivity contribution in [3.63, 3.8) is 0 Å². The molecular weight excluding hydrogens is 296 g/mol. The Hall–Kier alpha value is -2.13. The molecule has 124 valence electrons. The van der Waals surface area contributed by atoms with Gasteiger partial charge in [-0.2, -0.15) is 0 Å². The van der Waals surface area contributed by atoms with E-state index >= 15 is 0 Å². The number of aryl methyl sites for hydroxylation is 2. The molecule has 0 atom stereocenters. The van der Waals surface area contributed by atoms with Crippen LogP contribution in [0, 0.1) is 13.8 Å². The van der Waals surface area contributed by atoms with E-state index < -0.39 is 0 Å². The normalized spacial score (nSPS) is 18.2. The van der Waals surface area contributed by atoms with Gasteiger partial charge in [-0.05, 0) is 54.7 Å². The summed E-state index contributed by atoms with van der Waals surface area (Å²) in [5, 5.41) is 0. The molecule has 3 heteroatoms. The lowest BCUT2D eigenvalue weighted by molar-refractivity contribution is 0.0218. The molecule has 0 saturated carbocycles. The first-order valence-corrected chi connectivity index (χ1v) is 8.79. The number of rotatable bonds is 2. The zero-order valence-electron chi connectivity index (χ0n) is 14.5. The highest BCUT2D eigenvalue weighted by Gasteiger charge is 2.36. The standard InChI is InChI=1S/C21H24N2O/c1-15-7-8-18(11-16(15)2)21(24)23-13-20(14-23)22-10-9-17-5-3-4-6-19(17)12-22/h3-8,11,20H,9-10,12-14H2,1-2H3. The molecule has 4 rings (SSSR count). The molecule has 3 nitrogen and oxygen atoms in total. The van der Waals surface area contributed by atoms with Crippen molar-refractivity contribution in [1.29, 1.82) is 0 Å². The van der Waals surface area contributed by atoms with E-state index in [9.17, 15) is 4.79 Å². The van der Waals surface area contributed by atoms with Crippen LogP contribution >= 0.6 is 0 Å². The van der Waals surface area contributed by atoms with Gasteiger partial charge in [0.1, 0.15) is 0 Å². The minimum atomic E-state index is 0.173. The topological polar surface area (TPSA) is 23.6 Å². The number of likely N-dealkylation sites (tertiary alicyclic amines) is 1. The molecule has 2 aromatic rings. The van der Waals surface area contributed by atoms with Crippen LogP contribution < -0.4 is 0 Å². The van der Waals surface area contributed by atoms with E-state index in [-0.39, 0.29) is 5.91 Å². The summed E-state index contributed by atoms with van der Waals surface area (Å²) in [7, 11) is 0. The average molecular weight is 320 g/mol. The molecule has 2 aromatic carbocycles. The summed E-state index contributed by atoms with van der Waals surface area (Å²) in [4.78, 5) is 17.1. The van der Waals surface area contributed by atoms with Crippen LogP contribution in [0.5, 0.6) is 0 Å². The molecule has 0 aliphatic carbocycles. The molecule has 0 aromatic heterocycles. The van der Waals surface area contributed by atoms with Gasteiger partial charge < -0.3 is 4.90 Å². The lowest BCUT2D eigenvalue weighted by atomic mass is 9.96. The lowest BCUT2D eigenvalue weighted by Gasteiger charge is -2.47. The van der Waals surface area contributed by atoms with Crippen LogP contribution in [0.2, 0.25) is 0 Å². The van der Waals surface area contributed by atoms with Crippen LogP contribution in [0.1, 0.15) is 32.6 Å². The maximum absolute atomic E-state index is 12.6. The Kier molecular flexibility index (Phi) is 3.89. The van der Waals surface area contributed by atoms with Crippen LogP contribution in [0.3, 0.4) is 0 Å². The van der Waals surface area contributed by atoms with Crippen molar-refractivity contribution in [3.8, 4) is 0 Å². The number of nitrogens with zero attached hydrogens (tertiary/aromatic N) is 2. The van der Waals surface area contributed by atoms with Gasteiger partial charge in [0.2, 0.25) is 0 Å². The van der Waals surface area contributed by atoms with Gasteiger partial charge in [-0.1, -0.05) is 30.3 Å². The van der Waals surface area contributed by atoms with Gasteiger partial charge in [0.25, 0.3) is 5.91 Å². The molecule has 0 spiro atoms. The molecule has 24 heavy (non-hydrogen) atoms. The van der Waals surface area contributed by atoms with Crippen molar-refractivity contribution >= 4 is 5.91 Å². The van der Waals surface area contributed by atoms with Gasteiger partial charge in [0, 0.05) is 37.8 Å². The number of carbonyl (C=O) groups is 1. The van der Waals surface area contributed by atoms with Gasteiger partial charge in [-0.3, -0.25) is 9.69 Å². The SMILES string of the molecule is Cc1ccc(C(=O)N2CC(N3CCc4ccccc4C3)C2)cc1C. The van der Waals surface area contributed by atoms with Gasteiger partial charge in [0.15, 0.2) is 0 Å². The van der Waals surface area contributed by atoms with Crippen LogP contribution in [0.4, 0.5) is 0 Å². The third-order valence-electron chi connectivity index (χ3n) is 5.58. The van der Waals surface area contributed by atoms with Crippen molar-refractivity contribution < 1.29 is 4.79 Å². The highest BCUT2D eigenvalue weighted by atomic mass is 16.2. The van der Waals surface area contributed by atoms with Crippen LogP contribution in [0.15, 0.2) is 42.5 Å². The maximum Gasteiger partial charge on any atom is 0.253 e. The van der Waals surface area contributed by atoms with E-state index in [1.165, 1.54) is 22.3 Å². The van der Waals surface area contributed by atoms with Crippen LogP contribution in [-0.2, 0) is 13.0 Å². The first-order chi connectivity index (χ1) is 11.6. The third kappa shape index (κ3) is 2.73. The summed E-state index contributed by atoms with van der Waals surface area (Å²) >= 11 is 0. The van der Waals surface area contributed by atoms with Crippen LogP contribution in [-0.4, -0.2) is 41.4 Å². The predicted molar refractivity (Wildman–Crippen MR) is 96.2 cm³/mol. The quantitative estimate of drug-likeness (QED) is 0.848. The molecule has 1 amide bonds. The second-order valence-electron chi connectivity index (χ2n) is 7.15. The number of fused-ring (bicyclic) bond motifs is 1. The molecule has 0 bridgehead atoms. The molecule has 1 fully saturated rings. The van der Waals surface area contributed by atoms with Crippen molar-refractivity contribution in [2.24, 2.45) is 0 Å². The number of carbonyl (C=O) groups excluding carboxylic acids is 1. The molecule has 2 heterocycles. The fourth-order valence-corrected chi connectivity index (χ4v) is 3.74. The second-order valence-corrected chi connectivity index (χ2v) is 7.15. The average Bonchev–Trinajstić information content (AvgIpc) is 2.56. The zero-order chi connectivity index (χ0) is 16.7. The van der Waals surface area contributed by atoms with Crippen LogP contribution in [0.25, 0.3) is 0 Å². The van der Waals surface area contributed by atoms with Crippen molar-refractivity contribution in [2.45, 2.75) is 32.9 Å². The van der Waals surface area contributed by atoms with Gasteiger partial charge in [-0.15, -0.1) is 0 Å². The zero-order valence-corrected chi connectivity index (χ0v) is 14.5. The van der Waals surface area contributed by atoms with E-state index in [4.69, 9.17) is 0 Å². The highest BCUT2D eigenvalue weighted by Crippen LogP contribution is 2.25. The lowest BCUT2D eigenvalue weighted by Crippen LogP contribution is -2.61. The van der Waals surface area contributed by atoms with Crippen molar-refractivity contribution in [3.05, 3.63) is 70.3 Å². The van der Waals surface area contributed by atoms with Gasteiger partial charge in [-0.25, -0.2) is 0 Å². The molecule has 0 N–H and O–H groups in total. The Balaban J connectivity index is 1.38. The number of hydrogen-bond donors (Lipinski definition) is 0. The summed E-state index contributed by atoms with van der Waals surface area (Å²) in [5.41, 5.74) is 6.17.